The summed E-state index contributed by atoms with van der Waals surface area (Å²) >= 11 is 0. The van der Waals surface area contributed by atoms with Crippen LogP contribution in [0.5, 0.6) is 0 Å². The number of aliphatic hydroxyl groups is 2. The first kappa shape index (κ1) is 10.4. The largest absolute Gasteiger partial charge is 0.392 e. The van der Waals surface area contributed by atoms with Gasteiger partial charge < -0.3 is 19.7 Å². The highest BCUT2D eigenvalue weighted by atomic mass is 16.7. The van der Waals surface area contributed by atoms with E-state index in [0.717, 1.165) is 0 Å². The molecule has 1 rings (SSSR count). The molecule has 2 N–H and O–H groups in total. The molecule has 0 bridgehead atoms. The molecule has 1 heterocycles. The van der Waals surface area contributed by atoms with Crippen molar-refractivity contribution in [1.82, 2.24) is 0 Å². The maximum absolute atomic E-state index is 8.55. The van der Waals surface area contributed by atoms with Crippen molar-refractivity contribution in [2.24, 2.45) is 0 Å². The molecule has 1 aliphatic heterocycles. The summed E-state index contributed by atoms with van der Waals surface area (Å²) in [7, 11) is 0. The highest BCUT2D eigenvalue weighted by Gasteiger charge is 2.23. The minimum atomic E-state index is -0.157. The van der Waals surface area contributed by atoms with Gasteiger partial charge in [-0.05, 0) is 0 Å². The summed E-state index contributed by atoms with van der Waals surface area (Å²) in [6, 6.07) is 0. The molecule has 0 saturated carbocycles. The van der Waals surface area contributed by atoms with E-state index in [4.69, 9.17) is 19.7 Å². The van der Waals surface area contributed by atoms with Crippen molar-refractivity contribution in [2.75, 3.05) is 20.0 Å². The molecule has 1 aliphatic rings. The third kappa shape index (κ3) is 3.28. The van der Waals surface area contributed by atoms with E-state index in [2.05, 4.69) is 0 Å². The summed E-state index contributed by atoms with van der Waals surface area (Å²) in [4.78, 5) is 0. The van der Waals surface area contributed by atoms with Gasteiger partial charge in [0.2, 0.25) is 0 Å². The average Bonchev–Trinajstić information content (AvgIpc) is 2.59. The molecular formula is C9H14O4. The maximum Gasteiger partial charge on any atom is 0.148 e. The topological polar surface area (TPSA) is 58.9 Å². The van der Waals surface area contributed by atoms with Gasteiger partial charge in [-0.15, -0.1) is 0 Å². The number of rotatable bonds is 4. The maximum atomic E-state index is 8.55. The lowest BCUT2D eigenvalue weighted by atomic mass is 10.2. The van der Waals surface area contributed by atoms with Gasteiger partial charge in [0, 0.05) is 0 Å². The minimum Gasteiger partial charge on any atom is -0.392 e. The first-order valence-corrected chi connectivity index (χ1v) is 4.16. The van der Waals surface area contributed by atoms with Crippen LogP contribution in [-0.2, 0) is 9.47 Å². The van der Waals surface area contributed by atoms with Gasteiger partial charge in [-0.25, -0.2) is 0 Å². The Labute approximate surface area is 77.1 Å². The van der Waals surface area contributed by atoms with Crippen molar-refractivity contribution in [3.8, 4) is 0 Å². The summed E-state index contributed by atoms with van der Waals surface area (Å²) in [5.74, 6) is 0. The highest BCUT2D eigenvalue weighted by Crippen LogP contribution is 2.15. The zero-order chi connectivity index (χ0) is 9.52. The van der Waals surface area contributed by atoms with Gasteiger partial charge >= 0.3 is 0 Å². The molecule has 0 radical (unpaired) electrons. The predicted molar refractivity (Wildman–Crippen MR) is 47.1 cm³/mol. The fraction of sp³-hybridized carbons (Fsp3) is 0.556. The van der Waals surface area contributed by atoms with Crippen molar-refractivity contribution < 1.29 is 19.7 Å². The van der Waals surface area contributed by atoms with Crippen LogP contribution in [0.3, 0.4) is 0 Å². The van der Waals surface area contributed by atoms with E-state index >= 15 is 0 Å². The monoisotopic (exact) mass is 186 g/mol. The second kappa shape index (κ2) is 5.88. The van der Waals surface area contributed by atoms with Crippen LogP contribution in [0.2, 0.25) is 0 Å². The van der Waals surface area contributed by atoms with E-state index < -0.39 is 0 Å². The number of ether oxygens (including phenoxy) is 2. The zero-order valence-corrected chi connectivity index (χ0v) is 7.30. The molecule has 13 heavy (non-hydrogen) atoms. The van der Waals surface area contributed by atoms with Crippen molar-refractivity contribution in [3.05, 3.63) is 24.3 Å². The Bertz CT molecular complexity index is 168. The van der Waals surface area contributed by atoms with Crippen LogP contribution in [-0.4, -0.2) is 42.4 Å². The SMILES string of the molecule is OC/C=C\[C@@H]1OCO[C@H]1/C=C\CO. The second-order valence-electron chi connectivity index (χ2n) is 2.60. The first-order chi connectivity index (χ1) is 6.38. The lowest BCUT2D eigenvalue weighted by Crippen LogP contribution is -2.17. The third-order valence-corrected chi connectivity index (χ3v) is 1.71. The molecule has 1 saturated heterocycles. The molecule has 0 amide bonds. The van der Waals surface area contributed by atoms with Gasteiger partial charge in [0.15, 0.2) is 0 Å². The Morgan fingerprint density at radius 1 is 1.00 bits per heavy atom. The molecule has 0 spiro atoms. The first-order valence-electron chi connectivity index (χ1n) is 4.16. The molecule has 74 valence electrons. The smallest absolute Gasteiger partial charge is 0.148 e. The summed E-state index contributed by atoms with van der Waals surface area (Å²) in [5.41, 5.74) is 0. The van der Waals surface area contributed by atoms with E-state index in [9.17, 15) is 0 Å². The van der Waals surface area contributed by atoms with Gasteiger partial charge in [-0.1, -0.05) is 24.3 Å². The Hall–Kier alpha value is -0.680. The van der Waals surface area contributed by atoms with Crippen LogP contribution >= 0.6 is 0 Å². The third-order valence-electron chi connectivity index (χ3n) is 1.71. The van der Waals surface area contributed by atoms with Crippen LogP contribution < -0.4 is 0 Å². The van der Waals surface area contributed by atoms with Crippen LogP contribution in [0, 0.1) is 0 Å². The van der Waals surface area contributed by atoms with Gasteiger partial charge in [0.1, 0.15) is 19.0 Å². The van der Waals surface area contributed by atoms with Crippen molar-refractivity contribution in [1.29, 1.82) is 0 Å². The average molecular weight is 186 g/mol. The second-order valence-corrected chi connectivity index (χ2v) is 2.60. The molecule has 4 heteroatoms. The number of hydrogen-bond donors (Lipinski definition) is 2. The fourth-order valence-corrected chi connectivity index (χ4v) is 1.11. The molecule has 1 fully saturated rings. The van der Waals surface area contributed by atoms with E-state index in [1.54, 1.807) is 24.3 Å². The summed E-state index contributed by atoms with van der Waals surface area (Å²) in [5, 5.41) is 17.1. The lowest BCUT2D eigenvalue weighted by Gasteiger charge is -2.07. The highest BCUT2D eigenvalue weighted by molar-refractivity contribution is 5.04. The quantitative estimate of drug-likeness (QED) is 0.598. The van der Waals surface area contributed by atoms with Crippen LogP contribution in [0.1, 0.15) is 0 Å². The van der Waals surface area contributed by atoms with Crippen LogP contribution in [0.25, 0.3) is 0 Å². The van der Waals surface area contributed by atoms with Crippen molar-refractivity contribution in [2.45, 2.75) is 12.2 Å². The van der Waals surface area contributed by atoms with E-state index in [1.807, 2.05) is 0 Å². The number of hydrogen-bond acceptors (Lipinski definition) is 4. The Morgan fingerprint density at radius 3 is 1.85 bits per heavy atom. The molecule has 0 aromatic rings. The summed E-state index contributed by atoms with van der Waals surface area (Å²) in [6.07, 6.45) is 6.40. The zero-order valence-electron chi connectivity index (χ0n) is 7.30. The van der Waals surface area contributed by atoms with Gasteiger partial charge in [-0.2, -0.15) is 0 Å². The lowest BCUT2D eigenvalue weighted by molar-refractivity contribution is 0.0499. The molecule has 0 aromatic carbocycles. The Morgan fingerprint density at radius 2 is 1.46 bits per heavy atom. The fourth-order valence-electron chi connectivity index (χ4n) is 1.11. The molecule has 0 unspecified atom stereocenters. The minimum absolute atomic E-state index is 0.00368. The molecule has 0 aliphatic carbocycles. The van der Waals surface area contributed by atoms with Gasteiger partial charge in [0.05, 0.1) is 13.2 Å². The molecule has 4 nitrogen and oxygen atoms in total. The molecule has 0 aromatic heterocycles. The van der Waals surface area contributed by atoms with E-state index in [-0.39, 0.29) is 32.2 Å². The van der Waals surface area contributed by atoms with Crippen molar-refractivity contribution in [3.63, 3.8) is 0 Å². The van der Waals surface area contributed by atoms with E-state index in [1.165, 1.54) is 0 Å². The Balaban J connectivity index is 2.43. The molecule has 2 atom stereocenters. The standard InChI is InChI=1S/C9H14O4/c10-5-1-3-8-9(4-2-6-11)13-7-12-8/h1-4,8-11H,5-7H2/b3-1-,4-2-/t8-,9-/m0/s1. The summed E-state index contributed by atoms with van der Waals surface area (Å²) in [6.45, 7) is 0.244. The predicted octanol–water partition coefficient (Wildman–Crippen LogP) is -0.175. The Kier molecular flexibility index (Phi) is 4.70. The van der Waals surface area contributed by atoms with Crippen LogP contribution in [0.4, 0.5) is 0 Å². The van der Waals surface area contributed by atoms with Crippen LogP contribution in [0.15, 0.2) is 24.3 Å². The molecular weight excluding hydrogens is 172 g/mol. The van der Waals surface area contributed by atoms with E-state index in [0.29, 0.717) is 0 Å². The van der Waals surface area contributed by atoms with Gasteiger partial charge in [-0.3, -0.25) is 0 Å². The normalized spacial score (nSPS) is 29.4. The van der Waals surface area contributed by atoms with Gasteiger partial charge in [0.25, 0.3) is 0 Å². The van der Waals surface area contributed by atoms with Crippen molar-refractivity contribution >= 4 is 0 Å². The number of aliphatic hydroxyl groups excluding tert-OH is 2. The summed E-state index contributed by atoms with van der Waals surface area (Å²) < 4.78 is 10.4.